The van der Waals surface area contributed by atoms with Crippen molar-refractivity contribution >= 4 is 22.8 Å². The van der Waals surface area contributed by atoms with Crippen LogP contribution < -0.4 is 14.4 Å². The number of nitrogens with one attached hydrogen (secondary N) is 1. The van der Waals surface area contributed by atoms with Crippen LogP contribution in [-0.2, 0) is 4.79 Å². The molecule has 2 aromatic heterocycles. The molecular formula is C24H25N5O3. The van der Waals surface area contributed by atoms with Gasteiger partial charge in [0.05, 0.1) is 19.6 Å². The van der Waals surface area contributed by atoms with Crippen LogP contribution in [0.4, 0.5) is 5.82 Å². The molecule has 3 heterocycles. The van der Waals surface area contributed by atoms with Gasteiger partial charge in [0.15, 0.2) is 11.5 Å². The summed E-state index contributed by atoms with van der Waals surface area (Å²) in [6.07, 6.45) is 3.92. The Hall–Kier alpha value is -3.99. The first-order chi connectivity index (χ1) is 15.5. The van der Waals surface area contributed by atoms with Gasteiger partial charge in [0, 0.05) is 49.6 Å². The first-order valence-corrected chi connectivity index (χ1v) is 10.3. The number of benzene rings is 1. The van der Waals surface area contributed by atoms with Crippen molar-refractivity contribution in [1.82, 2.24) is 20.1 Å². The van der Waals surface area contributed by atoms with Crippen molar-refractivity contribution in [2.24, 2.45) is 0 Å². The van der Waals surface area contributed by atoms with Crippen LogP contribution in [0.25, 0.3) is 11.0 Å². The minimum atomic E-state index is -0.0466. The topological polar surface area (TPSA) is 83.6 Å². The van der Waals surface area contributed by atoms with E-state index in [0.29, 0.717) is 30.2 Å². The van der Waals surface area contributed by atoms with Crippen LogP contribution in [-0.4, -0.2) is 66.4 Å². The largest absolute Gasteiger partial charge is 0.497 e. The monoisotopic (exact) mass is 431 g/mol. The zero-order chi connectivity index (χ0) is 22.7. The van der Waals surface area contributed by atoms with Crippen LogP contribution in [0.5, 0.6) is 11.5 Å². The number of likely N-dealkylation sites (tertiary alicyclic amines) is 1. The summed E-state index contributed by atoms with van der Waals surface area (Å²) in [5.41, 5.74) is 2.25. The fraction of sp³-hybridized carbons (Fsp3) is 0.292. The molecule has 164 valence electrons. The molecule has 8 nitrogen and oxygen atoms in total. The van der Waals surface area contributed by atoms with E-state index < -0.39 is 0 Å². The number of hydrogen-bond acceptors (Lipinski definition) is 6. The van der Waals surface area contributed by atoms with Crippen molar-refractivity contribution in [2.75, 3.05) is 39.3 Å². The normalized spacial score (nSPS) is 15.2. The van der Waals surface area contributed by atoms with Crippen LogP contribution in [0.15, 0.2) is 43.1 Å². The summed E-state index contributed by atoms with van der Waals surface area (Å²) in [6.45, 7) is 4.91. The number of ether oxygens (including phenoxy) is 2. The number of H-pyrrole nitrogens is 1. The molecule has 1 unspecified atom stereocenters. The maximum atomic E-state index is 12.0. The van der Waals surface area contributed by atoms with E-state index in [1.54, 1.807) is 31.4 Å². The maximum Gasteiger partial charge on any atom is 0.246 e. The molecule has 32 heavy (non-hydrogen) atoms. The zero-order valence-electron chi connectivity index (χ0n) is 18.4. The number of methoxy groups -OCH3 is 2. The summed E-state index contributed by atoms with van der Waals surface area (Å²) >= 11 is 0. The molecule has 1 aliphatic rings. The van der Waals surface area contributed by atoms with Crippen molar-refractivity contribution in [3.63, 3.8) is 0 Å². The number of fused-ring (bicyclic) bond motifs is 1. The first kappa shape index (κ1) is 21.2. The SMILES string of the molecule is C=CC(=O)N1CCC(N(C)c2n[nH]c3nccc(C#Cc4cc(OC)cc(OC)c4)c23)C1. The molecule has 1 saturated heterocycles. The van der Waals surface area contributed by atoms with Gasteiger partial charge >= 0.3 is 0 Å². The van der Waals surface area contributed by atoms with Crippen molar-refractivity contribution in [3.05, 3.63) is 54.2 Å². The Morgan fingerprint density at radius 2 is 2.03 bits per heavy atom. The number of hydrogen-bond donors (Lipinski definition) is 1. The number of aromatic amines is 1. The van der Waals surface area contributed by atoms with Crippen molar-refractivity contribution < 1.29 is 14.3 Å². The summed E-state index contributed by atoms with van der Waals surface area (Å²) in [6, 6.07) is 7.55. The smallest absolute Gasteiger partial charge is 0.246 e. The lowest BCUT2D eigenvalue weighted by Gasteiger charge is -2.25. The van der Waals surface area contributed by atoms with Gasteiger partial charge in [0.25, 0.3) is 0 Å². The van der Waals surface area contributed by atoms with Gasteiger partial charge in [-0.05, 0) is 30.7 Å². The highest BCUT2D eigenvalue weighted by Gasteiger charge is 2.30. The number of amides is 1. The van der Waals surface area contributed by atoms with Gasteiger partial charge in [-0.3, -0.25) is 9.89 Å². The van der Waals surface area contributed by atoms with Crippen molar-refractivity contribution in [1.29, 1.82) is 0 Å². The van der Waals surface area contributed by atoms with E-state index in [4.69, 9.17) is 9.47 Å². The van der Waals surface area contributed by atoms with Crippen LogP contribution >= 0.6 is 0 Å². The molecule has 1 aliphatic heterocycles. The zero-order valence-corrected chi connectivity index (χ0v) is 18.4. The number of carbonyl (C=O) groups is 1. The molecule has 0 saturated carbocycles. The third-order valence-electron chi connectivity index (χ3n) is 5.67. The summed E-state index contributed by atoms with van der Waals surface area (Å²) in [5, 5.41) is 8.37. The lowest BCUT2D eigenvalue weighted by atomic mass is 10.1. The second-order valence-corrected chi connectivity index (χ2v) is 7.52. The Labute approximate surface area is 186 Å². The average Bonchev–Trinajstić information content (AvgIpc) is 3.49. The molecule has 1 amide bonds. The molecule has 0 radical (unpaired) electrons. The number of aromatic nitrogens is 3. The van der Waals surface area contributed by atoms with E-state index in [0.717, 1.165) is 28.8 Å². The molecule has 1 fully saturated rings. The van der Waals surface area contributed by atoms with Crippen LogP contribution in [0.1, 0.15) is 17.5 Å². The molecule has 1 N–H and O–H groups in total. The fourth-order valence-corrected chi connectivity index (χ4v) is 3.87. The van der Waals surface area contributed by atoms with Crippen LogP contribution in [0.3, 0.4) is 0 Å². The molecule has 8 heteroatoms. The second-order valence-electron chi connectivity index (χ2n) is 7.52. The van der Waals surface area contributed by atoms with E-state index in [-0.39, 0.29) is 11.9 Å². The first-order valence-electron chi connectivity index (χ1n) is 10.3. The van der Waals surface area contributed by atoms with Gasteiger partial charge in [-0.2, -0.15) is 5.10 Å². The number of carbonyl (C=O) groups excluding carboxylic acids is 1. The highest BCUT2D eigenvalue weighted by Crippen LogP contribution is 2.29. The minimum Gasteiger partial charge on any atom is -0.497 e. The van der Waals surface area contributed by atoms with Gasteiger partial charge in [0.2, 0.25) is 5.91 Å². The Bertz CT molecular complexity index is 1200. The fourth-order valence-electron chi connectivity index (χ4n) is 3.87. The number of pyridine rings is 1. The van der Waals surface area contributed by atoms with Crippen molar-refractivity contribution in [2.45, 2.75) is 12.5 Å². The summed E-state index contributed by atoms with van der Waals surface area (Å²) in [4.78, 5) is 20.3. The summed E-state index contributed by atoms with van der Waals surface area (Å²) in [7, 11) is 5.21. The van der Waals surface area contributed by atoms with Crippen LogP contribution in [0.2, 0.25) is 0 Å². The molecular weight excluding hydrogens is 406 g/mol. The molecule has 4 rings (SSSR count). The lowest BCUT2D eigenvalue weighted by molar-refractivity contribution is -0.125. The maximum absolute atomic E-state index is 12.0. The molecule has 0 aliphatic carbocycles. The van der Waals surface area contributed by atoms with Gasteiger partial charge in [-0.1, -0.05) is 18.4 Å². The Morgan fingerprint density at radius 1 is 1.28 bits per heavy atom. The van der Waals surface area contributed by atoms with Gasteiger partial charge in [-0.25, -0.2) is 4.98 Å². The standard InChI is InChI=1S/C24H25N5O3/c1-5-21(30)29-11-9-18(15-29)28(2)24-22-17(8-10-25-23(22)26-27-24)7-6-16-12-19(31-3)14-20(13-16)32-4/h5,8,10,12-14,18H,1,9,11,15H2,2-4H3,(H,25,26,27). The predicted octanol–water partition coefficient (Wildman–Crippen LogP) is 2.60. The molecule has 0 bridgehead atoms. The van der Waals surface area contributed by atoms with Crippen LogP contribution in [0, 0.1) is 11.8 Å². The van der Waals surface area contributed by atoms with E-state index in [2.05, 4.69) is 38.5 Å². The van der Waals surface area contributed by atoms with Crippen molar-refractivity contribution in [3.8, 4) is 23.3 Å². The third kappa shape index (κ3) is 4.10. The number of likely N-dealkylation sites (N-methyl/N-ethyl adjacent to an activating group) is 1. The van der Waals surface area contributed by atoms with Gasteiger partial charge in [-0.15, -0.1) is 0 Å². The highest BCUT2D eigenvalue weighted by atomic mass is 16.5. The second kappa shape index (κ2) is 9.02. The molecule has 3 aromatic rings. The number of nitrogens with zero attached hydrogens (tertiary/aromatic N) is 4. The Kier molecular flexibility index (Phi) is 5.99. The van der Waals surface area contributed by atoms with Gasteiger partial charge in [0.1, 0.15) is 11.5 Å². The Balaban J connectivity index is 1.67. The van der Waals surface area contributed by atoms with E-state index in [9.17, 15) is 4.79 Å². The summed E-state index contributed by atoms with van der Waals surface area (Å²) in [5.74, 6) is 8.52. The van der Waals surface area contributed by atoms with E-state index in [1.807, 2.05) is 25.2 Å². The highest BCUT2D eigenvalue weighted by molar-refractivity contribution is 5.93. The third-order valence-corrected chi connectivity index (χ3v) is 5.67. The predicted molar refractivity (Wildman–Crippen MR) is 123 cm³/mol. The van der Waals surface area contributed by atoms with Gasteiger partial charge < -0.3 is 19.3 Å². The Morgan fingerprint density at radius 3 is 2.72 bits per heavy atom. The lowest BCUT2D eigenvalue weighted by Crippen LogP contribution is -2.36. The number of rotatable bonds is 5. The molecule has 0 spiro atoms. The molecule has 1 atom stereocenters. The summed E-state index contributed by atoms with van der Waals surface area (Å²) < 4.78 is 10.7. The quantitative estimate of drug-likeness (QED) is 0.494. The van der Waals surface area contributed by atoms with E-state index >= 15 is 0 Å². The number of anilines is 1. The minimum absolute atomic E-state index is 0.0466. The average molecular weight is 431 g/mol. The molecule has 1 aromatic carbocycles. The van der Waals surface area contributed by atoms with E-state index in [1.165, 1.54) is 6.08 Å².